The summed E-state index contributed by atoms with van der Waals surface area (Å²) < 4.78 is 0. The first-order chi connectivity index (χ1) is 15.0. The van der Waals surface area contributed by atoms with Crippen molar-refractivity contribution in [2.45, 2.75) is 45.7 Å². The Balaban J connectivity index is 1.47. The summed E-state index contributed by atoms with van der Waals surface area (Å²) in [6, 6.07) is 16.0. The van der Waals surface area contributed by atoms with E-state index in [4.69, 9.17) is 0 Å². The zero-order chi connectivity index (χ0) is 21.8. The number of carbonyl (C=O) groups excluding carboxylic acids is 2. The lowest BCUT2D eigenvalue weighted by atomic mass is 9.90. The van der Waals surface area contributed by atoms with Crippen LogP contribution in [0.4, 0.5) is 0 Å². The number of likely N-dealkylation sites (tertiary alicyclic amines) is 1. The molecule has 0 aromatic heterocycles. The molecule has 0 radical (unpaired) electrons. The summed E-state index contributed by atoms with van der Waals surface area (Å²) in [5.41, 5.74) is 4.56. The van der Waals surface area contributed by atoms with Crippen LogP contribution in [0.2, 0.25) is 0 Å². The molecule has 0 saturated carbocycles. The molecule has 2 aromatic rings. The van der Waals surface area contributed by atoms with Crippen LogP contribution in [0.15, 0.2) is 48.5 Å². The second kappa shape index (κ2) is 9.65. The van der Waals surface area contributed by atoms with Crippen LogP contribution in [0.3, 0.4) is 0 Å². The first-order valence-electron chi connectivity index (χ1n) is 11.4. The molecule has 164 valence electrons. The summed E-state index contributed by atoms with van der Waals surface area (Å²) in [4.78, 5) is 30.4. The lowest BCUT2D eigenvalue weighted by molar-refractivity contribution is -0.140. The van der Waals surface area contributed by atoms with Crippen molar-refractivity contribution in [3.8, 4) is 0 Å². The van der Waals surface area contributed by atoms with Gasteiger partial charge in [0.1, 0.15) is 6.04 Å². The number of nitrogens with one attached hydrogen (secondary N) is 1. The molecule has 1 unspecified atom stereocenters. The molecule has 0 spiro atoms. The van der Waals surface area contributed by atoms with Gasteiger partial charge in [0.15, 0.2) is 0 Å². The highest BCUT2D eigenvalue weighted by Gasteiger charge is 2.37. The fraction of sp³-hybridized carbons (Fsp3) is 0.462. The van der Waals surface area contributed by atoms with E-state index in [0.29, 0.717) is 12.5 Å². The Hall–Kier alpha value is -2.66. The first kappa shape index (κ1) is 21.6. The maximum absolute atomic E-state index is 13.6. The quantitative estimate of drug-likeness (QED) is 0.807. The van der Waals surface area contributed by atoms with E-state index in [0.717, 1.165) is 50.0 Å². The van der Waals surface area contributed by atoms with Crippen molar-refractivity contribution >= 4 is 11.8 Å². The van der Waals surface area contributed by atoms with Crippen molar-refractivity contribution < 1.29 is 9.59 Å². The van der Waals surface area contributed by atoms with Gasteiger partial charge in [0, 0.05) is 26.2 Å². The molecule has 2 amide bonds. The fourth-order valence-electron chi connectivity index (χ4n) is 4.74. The highest BCUT2D eigenvalue weighted by Crippen LogP contribution is 2.32. The van der Waals surface area contributed by atoms with Crippen LogP contribution in [0.5, 0.6) is 0 Å². The Morgan fingerprint density at radius 1 is 1.03 bits per heavy atom. The summed E-state index contributed by atoms with van der Waals surface area (Å²) in [6.45, 7) is 7.39. The average molecular weight is 420 g/mol. The van der Waals surface area contributed by atoms with Gasteiger partial charge in [0.25, 0.3) is 0 Å². The Morgan fingerprint density at radius 3 is 2.58 bits per heavy atom. The van der Waals surface area contributed by atoms with Gasteiger partial charge >= 0.3 is 0 Å². The molecule has 2 heterocycles. The third-order valence-corrected chi connectivity index (χ3v) is 6.63. The molecule has 4 rings (SSSR count). The fourth-order valence-corrected chi connectivity index (χ4v) is 4.74. The number of carbonyl (C=O) groups is 2. The standard InChI is InChI=1S/C26H33N3O2/c1-19-10-13-28(14-11-19)26(31)25-23-9-4-3-8-22(23)12-15-29(25)18-24(30)27-17-21-7-5-6-20(2)16-21/h3-9,16,19,25H,10-15,17-18H2,1-2H3,(H,27,30). The van der Waals surface area contributed by atoms with E-state index in [9.17, 15) is 9.59 Å². The highest BCUT2D eigenvalue weighted by atomic mass is 16.2. The van der Waals surface area contributed by atoms with Gasteiger partial charge in [-0.3, -0.25) is 14.5 Å². The minimum Gasteiger partial charge on any atom is -0.351 e. The van der Waals surface area contributed by atoms with Gasteiger partial charge in [0.05, 0.1) is 6.54 Å². The van der Waals surface area contributed by atoms with Crippen molar-refractivity contribution in [2.75, 3.05) is 26.2 Å². The molecule has 1 N–H and O–H groups in total. The van der Waals surface area contributed by atoms with Crippen molar-refractivity contribution in [3.63, 3.8) is 0 Å². The zero-order valence-electron chi connectivity index (χ0n) is 18.6. The van der Waals surface area contributed by atoms with E-state index in [-0.39, 0.29) is 24.4 Å². The largest absolute Gasteiger partial charge is 0.351 e. The third-order valence-electron chi connectivity index (χ3n) is 6.63. The summed E-state index contributed by atoms with van der Waals surface area (Å²) in [6.07, 6.45) is 2.97. The number of amides is 2. The molecule has 5 nitrogen and oxygen atoms in total. The van der Waals surface area contributed by atoms with E-state index in [1.54, 1.807) is 0 Å². The van der Waals surface area contributed by atoms with Gasteiger partial charge in [-0.1, -0.05) is 61.0 Å². The maximum atomic E-state index is 13.6. The summed E-state index contributed by atoms with van der Waals surface area (Å²) in [7, 11) is 0. The molecule has 31 heavy (non-hydrogen) atoms. The van der Waals surface area contributed by atoms with Crippen LogP contribution in [-0.4, -0.2) is 47.8 Å². The van der Waals surface area contributed by atoms with Crippen LogP contribution < -0.4 is 5.32 Å². The molecule has 2 aromatic carbocycles. The molecule has 1 saturated heterocycles. The number of hydrogen-bond donors (Lipinski definition) is 1. The van der Waals surface area contributed by atoms with E-state index in [2.05, 4.69) is 35.3 Å². The van der Waals surface area contributed by atoms with Crippen LogP contribution in [0.1, 0.15) is 48.1 Å². The molecule has 1 fully saturated rings. The van der Waals surface area contributed by atoms with E-state index in [1.165, 1.54) is 11.1 Å². The normalized spacial score (nSPS) is 19.7. The van der Waals surface area contributed by atoms with E-state index >= 15 is 0 Å². The molecule has 1 atom stereocenters. The van der Waals surface area contributed by atoms with Crippen molar-refractivity contribution in [1.82, 2.24) is 15.1 Å². The first-order valence-corrected chi connectivity index (χ1v) is 11.4. The lowest BCUT2D eigenvalue weighted by Gasteiger charge is -2.40. The molecular formula is C26H33N3O2. The molecule has 2 aliphatic heterocycles. The van der Waals surface area contributed by atoms with Crippen LogP contribution in [-0.2, 0) is 22.6 Å². The smallest absolute Gasteiger partial charge is 0.244 e. The van der Waals surface area contributed by atoms with E-state index < -0.39 is 0 Å². The predicted octanol–water partition coefficient (Wildman–Crippen LogP) is 3.47. The number of hydrogen-bond acceptors (Lipinski definition) is 3. The van der Waals surface area contributed by atoms with Crippen molar-refractivity contribution in [1.29, 1.82) is 0 Å². The SMILES string of the molecule is Cc1cccc(CNC(=O)CN2CCc3ccccc3C2C(=O)N2CCC(C)CC2)c1. The summed E-state index contributed by atoms with van der Waals surface area (Å²) >= 11 is 0. The number of fused-ring (bicyclic) bond motifs is 1. The predicted molar refractivity (Wildman–Crippen MR) is 122 cm³/mol. The summed E-state index contributed by atoms with van der Waals surface area (Å²) in [5, 5.41) is 3.04. The number of rotatable bonds is 5. The minimum absolute atomic E-state index is 0.0362. The van der Waals surface area contributed by atoms with Gasteiger partial charge in [-0.25, -0.2) is 0 Å². The van der Waals surface area contributed by atoms with Crippen molar-refractivity contribution in [3.05, 3.63) is 70.8 Å². The third kappa shape index (κ3) is 5.16. The average Bonchev–Trinajstić information content (AvgIpc) is 2.78. The van der Waals surface area contributed by atoms with E-state index in [1.807, 2.05) is 42.2 Å². The molecule has 0 bridgehead atoms. The van der Waals surface area contributed by atoms with Crippen LogP contribution in [0.25, 0.3) is 0 Å². The number of benzene rings is 2. The van der Waals surface area contributed by atoms with Gasteiger partial charge in [0.2, 0.25) is 11.8 Å². The number of piperidine rings is 1. The zero-order valence-corrected chi connectivity index (χ0v) is 18.6. The topological polar surface area (TPSA) is 52.7 Å². The second-order valence-electron chi connectivity index (χ2n) is 9.10. The maximum Gasteiger partial charge on any atom is 0.244 e. The minimum atomic E-state index is -0.372. The summed E-state index contributed by atoms with van der Waals surface area (Å²) in [5.74, 6) is 0.780. The Morgan fingerprint density at radius 2 is 1.81 bits per heavy atom. The monoisotopic (exact) mass is 419 g/mol. The van der Waals surface area contributed by atoms with Crippen molar-refractivity contribution in [2.24, 2.45) is 5.92 Å². The van der Waals surface area contributed by atoms with Gasteiger partial charge in [-0.15, -0.1) is 0 Å². The lowest BCUT2D eigenvalue weighted by Crippen LogP contribution is -2.50. The molecule has 5 heteroatoms. The second-order valence-corrected chi connectivity index (χ2v) is 9.10. The van der Waals surface area contributed by atoms with Crippen LogP contribution in [0, 0.1) is 12.8 Å². The molecule has 0 aliphatic carbocycles. The van der Waals surface area contributed by atoms with Gasteiger partial charge in [-0.05, 0) is 48.8 Å². The van der Waals surface area contributed by atoms with Gasteiger partial charge in [-0.2, -0.15) is 0 Å². The van der Waals surface area contributed by atoms with Crippen LogP contribution >= 0.6 is 0 Å². The molecular weight excluding hydrogens is 386 g/mol. The van der Waals surface area contributed by atoms with Gasteiger partial charge < -0.3 is 10.2 Å². The Bertz CT molecular complexity index is 934. The Kier molecular flexibility index (Phi) is 6.71. The highest BCUT2D eigenvalue weighted by molar-refractivity contribution is 5.85. The number of nitrogens with zero attached hydrogens (tertiary/aromatic N) is 2. The molecule has 2 aliphatic rings. The Labute approximate surface area is 185 Å². The number of aryl methyl sites for hydroxylation is 1.